The lowest BCUT2D eigenvalue weighted by molar-refractivity contribution is -0.139. The molecule has 0 aliphatic heterocycles. The van der Waals surface area contributed by atoms with E-state index in [4.69, 9.17) is 9.47 Å². The fourth-order valence-electron chi connectivity index (χ4n) is 3.18. The molecule has 2 aromatic carbocycles. The van der Waals surface area contributed by atoms with Crippen LogP contribution in [0.1, 0.15) is 42.9 Å². The first-order valence-electron chi connectivity index (χ1n) is 9.48. The van der Waals surface area contributed by atoms with Crippen molar-refractivity contribution in [3.05, 3.63) is 77.4 Å². The van der Waals surface area contributed by atoms with Crippen LogP contribution in [0.3, 0.4) is 0 Å². The predicted molar refractivity (Wildman–Crippen MR) is 110 cm³/mol. The first-order chi connectivity index (χ1) is 13.1. The van der Waals surface area contributed by atoms with Gasteiger partial charge in [0.2, 0.25) is 0 Å². The Bertz CT molecular complexity index is 834. The van der Waals surface area contributed by atoms with E-state index in [1.54, 1.807) is 6.92 Å². The van der Waals surface area contributed by atoms with Crippen LogP contribution in [-0.2, 0) is 16.0 Å². The lowest BCUT2D eigenvalue weighted by Gasteiger charge is -2.10. The van der Waals surface area contributed by atoms with Gasteiger partial charge in [0.15, 0.2) is 0 Å². The second-order valence-electron chi connectivity index (χ2n) is 6.87. The average molecular weight is 362 g/mol. The summed E-state index contributed by atoms with van der Waals surface area (Å²) in [7, 11) is 0. The van der Waals surface area contributed by atoms with Crippen LogP contribution in [0.2, 0.25) is 0 Å². The Morgan fingerprint density at radius 3 is 2.67 bits per heavy atom. The number of carbonyl (C=O) groups excluding carboxylic acids is 1. The highest BCUT2D eigenvalue weighted by Crippen LogP contribution is 2.31. The molecule has 0 amide bonds. The van der Waals surface area contributed by atoms with Gasteiger partial charge in [0, 0.05) is 12.0 Å². The number of hydrogen-bond acceptors (Lipinski definition) is 3. The van der Waals surface area contributed by atoms with Crippen molar-refractivity contribution in [2.45, 2.75) is 32.6 Å². The monoisotopic (exact) mass is 362 g/mol. The normalized spacial score (nSPS) is 13.1. The minimum Gasteiger partial charge on any atom is -0.493 e. The van der Waals surface area contributed by atoms with Crippen molar-refractivity contribution in [2.75, 3.05) is 13.2 Å². The van der Waals surface area contributed by atoms with Crippen molar-refractivity contribution in [3.8, 4) is 5.75 Å². The van der Waals surface area contributed by atoms with Crippen molar-refractivity contribution in [1.82, 2.24) is 0 Å². The summed E-state index contributed by atoms with van der Waals surface area (Å²) in [6.07, 6.45) is 6.24. The van der Waals surface area contributed by atoms with E-state index in [0.29, 0.717) is 25.2 Å². The summed E-state index contributed by atoms with van der Waals surface area (Å²) < 4.78 is 10.9. The summed E-state index contributed by atoms with van der Waals surface area (Å²) in [5.74, 6) is 0.526. The van der Waals surface area contributed by atoms with Gasteiger partial charge in [0.05, 0.1) is 13.2 Å². The van der Waals surface area contributed by atoms with E-state index in [-0.39, 0.29) is 5.97 Å². The number of rotatable bonds is 7. The van der Waals surface area contributed by atoms with Gasteiger partial charge in [0.1, 0.15) is 5.75 Å². The first kappa shape index (κ1) is 19.0. The summed E-state index contributed by atoms with van der Waals surface area (Å²) >= 11 is 0. The largest absolute Gasteiger partial charge is 0.493 e. The fraction of sp³-hybridized carbons (Fsp3) is 0.292. The van der Waals surface area contributed by atoms with Crippen molar-refractivity contribution >= 4 is 17.6 Å². The minimum atomic E-state index is -0.346. The van der Waals surface area contributed by atoms with E-state index < -0.39 is 0 Å². The zero-order valence-electron chi connectivity index (χ0n) is 15.9. The Morgan fingerprint density at radius 1 is 1.07 bits per heavy atom. The molecule has 3 heteroatoms. The van der Waals surface area contributed by atoms with Crippen LogP contribution in [-0.4, -0.2) is 19.2 Å². The summed E-state index contributed by atoms with van der Waals surface area (Å²) in [4.78, 5) is 11.3. The van der Waals surface area contributed by atoms with Crippen LogP contribution >= 0.6 is 0 Å². The molecule has 0 aromatic heterocycles. The molecule has 3 nitrogen and oxygen atoms in total. The lowest BCUT2D eigenvalue weighted by atomic mass is 10.0. The second kappa shape index (κ2) is 9.22. The molecule has 2 aromatic rings. The maximum Gasteiger partial charge on any atom is 0.333 e. The highest BCUT2D eigenvalue weighted by atomic mass is 16.5. The molecule has 0 bridgehead atoms. The van der Waals surface area contributed by atoms with Crippen molar-refractivity contribution in [2.24, 2.45) is 0 Å². The van der Waals surface area contributed by atoms with Gasteiger partial charge >= 0.3 is 5.97 Å². The van der Waals surface area contributed by atoms with E-state index in [1.807, 2.05) is 6.07 Å². The predicted octanol–water partition coefficient (Wildman–Crippen LogP) is 5.45. The second-order valence-corrected chi connectivity index (χ2v) is 6.87. The van der Waals surface area contributed by atoms with Gasteiger partial charge in [-0.25, -0.2) is 4.79 Å². The fourth-order valence-corrected chi connectivity index (χ4v) is 3.18. The molecule has 0 spiro atoms. The standard InChI is InChI=1S/C24H26O3/c1-18(2)24(25)27-15-7-14-26-23-13-12-22-16-20(10-6-11-21(22)17-23)19-8-4-3-5-9-19/h3-5,8-9,12-13,16-17H,1,6-7,10-11,14-15H2,2H3. The topological polar surface area (TPSA) is 35.5 Å². The van der Waals surface area contributed by atoms with E-state index in [2.05, 4.69) is 55.1 Å². The molecule has 0 fully saturated rings. The number of aryl methyl sites for hydroxylation is 1. The van der Waals surface area contributed by atoms with E-state index in [1.165, 1.54) is 22.3 Å². The van der Waals surface area contributed by atoms with Gasteiger partial charge in [-0.05, 0) is 60.6 Å². The van der Waals surface area contributed by atoms with Crippen molar-refractivity contribution < 1.29 is 14.3 Å². The van der Waals surface area contributed by atoms with E-state index >= 15 is 0 Å². The minimum absolute atomic E-state index is 0.346. The molecule has 0 heterocycles. The molecule has 1 aliphatic rings. The molecule has 27 heavy (non-hydrogen) atoms. The molecule has 0 radical (unpaired) electrons. The molecule has 0 unspecified atom stereocenters. The number of allylic oxidation sites excluding steroid dienone is 1. The van der Waals surface area contributed by atoms with Crippen molar-refractivity contribution in [1.29, 1.82) is 0 Å². The summed E-state index contributed by atoms with van der Waals surface area (Å²) in [6.45, 7) is 6.08. The number of carbonyl (C=O) groups is 1. The van der Waals surface area contributed by atoms with Crippen LogP contribution < -0.4 is 4.74 Å². The maximum absolute atomic E-state index is 11.3. The molecule has 0 saturated carbocycles. The van der Waals surface area contributed by atoms with Gasteiger partial charge < -0.3 is 9.47 Å². The lowest BCUT2D eigenvalue weighted by Crippen LogP contribution is -2.09. The molecule has 0 saturated heterocycles. The van der Waals surface area contributed by atoms with Gasteiger partial charge in [-0.15, -0.1) is 0 Å². The number of esters is 1. The Kier molecular flexibility index (Phi) is 6.48. The molecule has 140 valence electrons. The maximum atomic E-state index is 11.3. The third-order valence-corrected chi connectivity index (χ3v) is 4.62. The molecule has 0 atom stereocenters. The first-order valence-corrected chi connectivity index (χ1v) is 9.48. The average Bonchev–Trinajstić information content (AvgIpc) is 2.90. The quantitative estimate of drug-likeness (QED) is 0.373. The van der Waals surface area contributed by atoms with Gasteiger partial charge in [-0.3, -0.25) is 0 Å². The number of benzene rings is 2. The number of hydrogen-bond donors (Lipinski definition) is 0. The molecule has 3 rings (SSSR count). The van der Waals surface area contributed by atoms with Crippen molar-refractivity contribution in [3.63, 3.8) is 0 Å². The summed E-state index contributed by atoms with van der Waals surface area (Å²) in [5, 5.41) is 0. The zero-order valence-corrected chi connectivity index (χ0v) is 15.9. The third kappa shape index (κ3) is 5.33. The molecular formula is C24H26O3. The Morgan fingerprint density at radius 2 is 1.89 bits per heavy atom. The molecule has 0 N–H and O–H groups in total. The Balaban J connectivity index is 1.59. The Labute approximate surface area is 161 Å². The van der Waals surface area contributed by atoms with Gasteiger partial charge in [-0.1, -0.05) is 49.1 Å². The van der Waals surface area contributed by atoms with Crippen LogP contribution in [0.5, 0.6) is 5.75 Å². The SMILES string of the molecule is C=C(C)C(=O)OCCCOc1ccc2c(c1)CCCC(c1ccccc1)=C2. The van der Waals surface area contributed by atoms with E-state index in [0.717, 1.165) is 25.0 Å². The van der Waals surface area contributed by atoms with Crippen LogP contribution in [0, 0.1) is 0 Å². The summed E-state index contributed by atoms with van der Waals surface area (Å²) in [6, 6.07) is 16.9. The smallest absolute Gasteiger partial charge is 0.333 e. The van der Waals surface area contributed by atoms with Crippen LogP contribution in [0.4, 0.5) is 0 Å². The van der Waals surface area contributed by atoms with Gasteiger partial charge in [-0.2, -0.15) is 0 Å². The molecule has 1 aliphatic carbocycles. The zero-order chi connectivity index (χ0) is 19.1. The number of fused-ring (bicyclic) bond motifs is 1. The van der Waals surface area contributed by atoms with Crippen LogP contribution in [0.15, 0.2) is 60.7 Å². The molecular weight excluding hydrogens is 336 g/mol. The number of ether oxygens (including phenoxy) is 2. The van der Waals surface area contributed by atoms with Crippen LogP contribution in [0.25, 0.3) is 11.6 Å². The highest BCUT2D eigenvalue weighted by Gasteiger charge is 2.11. The highest BCUT2D eigenvalue weighted by molar-refractivity contribution is 5.86. The van der Waals surface area contributed by atoms with E-state index in [9.17, 15) is 4.79 Å². The summed E-state index contributed by atoms with van der Waals surface area (Å²) in [5.41, 5.74) is 5.71. The Hall–Kier alpha value is -2.81. The van der Waals surface area contributed by atoms with Gasteiger partial charge in [0.25, 0.3) is 0 Å². The third-order valence-electron chi connectivity index (χ3n) is 4.62.